The number of rotatable bonds is 5. The molecule has 8 aromatic carbocycles. The van der Waals surface area contributed by atoms with Gasteiger partial charge in [0, 0.05) is 22.1 Å². The third-order valence-electron chi connectivity index (χ3n) is 11.1. The lowest BCUT2D eigenvalue weighted by atomic mass is 9.81. The van der Waals surface area contributed by atoms with Gasteiger partial charge in [0.2, 0.25) is 0 Å². The summed E-state index contributed by atoms with van der Waals surface area (Å²) >= 11 is 0. The zero-order valence-electron chi connectivity index (χ0n) is 29.7. The van der Waals surface area contributed by atoms with E-state index >= 15 is 0 Å². The van der Waals surface area contributed by atoms with Crippen LogP contribution in [0, 0.1) is 0 Å². The fourth-order valence-electron chi connectivity index (χ4n) is 8.39. The summed E-state index contributed by atoms with van der Waals surface area (Å²) in [6, 6.07) is 65.4. The minimum absolute atomic E-state index is 0.0241. The van der Waals surface area contributed by atoms with Gasteiger partial charge in [-0.1, -0.05) is 184 Å². The van der Waals surface area contributed by atoms with Gasteiger partial charge in [-0.25, -0.2) is 9.97 Å². The molecule has 1 aromatic heterocycles. The summed E-state index contributed by atoms with van der Waals surface area (Å²) in [5.41, 5.74) is 15.3. The van der Waals surface area contributed by atoms with Gasteiger partial charge in [-0.3, -0.25) is 0 Å². The SMILES string of the molecule is CC1(C)c2ccccc2-c2ccc(-c3ccc(-c4ccc(-c5cc(-c6cccc7ccccc67)nc(-c6ccccc6)n5)c5ccccc45)cc3)cc21. The van der Waals surface area contributed by atoms with E-state index < -0.39 is 0 Å². The molecule has 0 unspecified atom stereocenters. The van der Waals surface area contributed by atoms with E-state index in [2.05, 4.69) is 178 Å². The minimum atomic E-state index is -0.0241. The van der Waals surface area contributed by atoms with E-state index in [1.807, 2.05) is 18.2 Å². The Hall–Kier alpha value is -6.64. The molecule has 0 spiro atoms. The maximum absolute atomic E-state index is 5.21. The quantitative estimate of drug-likeness (QED) is 0.181. The number of nitrogens with zero attached hydrogens (tertiary/aromatic N) is 2. The van der Waals surface area contributed by atoms with Crippen molar-refractivity contribution in [2.75, 3.05) is 0 Å². The normalized spacial score (nSPS) is 12.9. The lowest BCUT2D eigenvalue weighted by molar-refractivity contribution is 0.660. The largest absolute Gasteiger partial charge is 0.228 e. The van der Waals surface area contributed by atoms with Crippen LogP contribution in [0.4, 0.5) is 0 Å². The van der Waals surface area contributed by atoms with Gasteiger partial charge in [0.25, 0.3) is 0 Å². The molecule has 0 N–H and O–H groups in total. The maximum atomic E-state index is 5.21. The van der Waals surface area contributed by atoms with Crippen molar-refractivity contribution >= 4 is 21.5 Å². The highest BCUT2D eigenvalue weighted by Gasteiger charge is 2.35. The second kappa shape index (κ2) is 12.3. The van der Waals surface area contributed by atoms with E-state index in [9.17, 15) is 0 Å². The standard InChI is InChI=1S/C51H36N2/c1-51(2)46-22-11-10-20-42(46)43-28-27-37(31-47(43)51)33-23-25-35(26-24-33)39-29-30-45(41-19-9-8-18-40(39)41)49-32-48(52-50(53-49)36-14-4-3-5-15-36)44-21-12-16-34-13-6-7-17-38(34)44/h3-32H,1-2H3. The van der Waals surface area contributed by atoms with Crippen LogP contribution >= 0.6 is 0 Å². The fraction of sp³-hybridized carbons (Fsp3) is 0.0588. The third-order valence-corrected chi connectivity index (χ3v) is 11.1. The number of benzene rings is 8. The summed E-state index contributed by atoms with van der Waals surface area (Å²) in [4.78, 5) is 10.4. The monoisotopic (exact) mass is 676 g/mol. The minimum Gasteiger partial charge on any atom is -0.228 e. The molecule has 53 heavy (non-hydrogen) atoms. The van der Waals surface area contributed by atoms with Crippen LogP contribution < -0.4 is 0 Å². The average Bonchev–Trinajstić information content (AvgIpc) is 3.45. The Labute approximate surface area is 310 Å². The predicted octanol–water partition coefficient (Wildman–Crippen LogP) is 13.4. The lowest BCUT2D eigenvalue weighted by Gasteiger charge is -2.22. The summed E-state index contributed by atoms with van der Waals surface area (Å²) in [5.74, 6) is 0.716. The molecular weight excluding hydrogens is 641 g/mol. The Morgan fingerprint density at radius 2 is 0.868 bits per heavy atom. The molecule has 2 heteroatoms. The Morgan fingerprint density at radius 1 is 0.340 bits per heavy atom. The van der Waals surface area contributed by atoms with Crippen LogP contribution in [0.1, 0.15) is 25.0 Å². The molecule has 250 valence electrons. The van der Waals surface area contributed by atoms with Gasteiger partial charge >= 0.3 is 0 Å². The van der Waals surface area contributed by atoms with Crippen molar-refractivity contribution in [1.82, 2.24) is 9.97 Å². The summed E-state index contributed by atoms with van der Waals surface area (Å²) in [5, 5.41) is 4.73. The van der Waals surface area contributed by atoms with Crippen LogP contribution in [0.2, 0.25) is 0 Å². The van der Waals surface area contributed by atoms with Gasteiger partial charge in [-0.15, -0.1) is 0 Å². The highest BCUT2D eigenvalue weighted by atomic mass is 14.9. The molecule has 1 aliphatic rings. The van der Waals surface area contributed by atoms with Crippen molar-refractivity contribution in [2.24, 2.45) is 0 Å². The average molecular weight is 677 g/mol. The molecular formula is C51H36N2. The molecule has 9 aromatic rings. The van der Waals surface area contributed by atoms with Crippen LogP contribution in [0.25, 0.3) is 88.8 Å². The van der Waals surface area contributed by atoms with E-state index in [1.165, 1.54) is 60.7 Å². The van der Waals surface area contributed by atoms with Crippen molar-refractivity contribution < 1.29 is 0 Å². The van der Waals surface area contributed by atoms with Crippen molar-refractivity contribution in [1.29, 1.82) is 0 Å². The van der Waals surface area contributed by atoms with Gasteiger partial charge in [-0.05, 0) is 78.2 Å². The number of hydrogen-bond donors (Lipinski definition) is 0. The first-order valence-electron chi connectivity index (χ1n) is 18.3. The van der Waals surface area contributed by atoms with Crippen LogP contribution in [-0.4, -0.2) is 9.97 Å². The number of aromatic nitrogens is 2. The summed E-state index contributed by atoms with van der Waals surface area (Å²) < 4.78 is 0. The second-order valence-corrected chi connectivity index (χ2v) is 14.6. The van der Waals surface area contributed by atoms with Crippen molar-refractivity contribution in [3.05, 3.63) is 193 Å². The highest BCUT2D eigenvalue weighted by molar-refractivity contribution is 6.05. The summed E-state index contributed by atoms with van der Waals surface area (Å²) in [7, 11) is 0. The topological polar surface area (TPSA) is 25.8 Å². The van der Waals surface area contributed by atoms with E-state index in [4.69, 9.17) is 9.97 Å². The Bertz CT molecular complexity index is 2840. The summed E-state index contributed by atoms with van der Waals surface area (Å²) in [6.45, 7) is 4.68. The first-order chi connectivity index (χ1) is 26.0. The van der Waals surface area contributed by atoms with Gasteiger partial charge < -0.3 is 0 Å². The van der Waals surface area contributed by atoms with E-state index in [-0.39, 0.29) is 5.41 Å². The molecule has 0 fully saturated rings. The van der Waals surface area contributed by atoms with Crippen molar-refractivity contribution in [2.45, 2.75) is 19.3 Å². The van der Waals surface area contributed by atoms with Crippen LogP contribution in [0.15, 0.2) is 182 Å². The predicted molar refractivity (Wildman–Crippen MR) is 222 cm³/mol. The molecule has 1 aliphatic carbocycles. The number of fused-ring (bicyclic) bond motifs is 5. The van der Waals surface area contributed by atoms with E-state index in [1.54, 1.807) is 0 Å². The molecule has 0 saturated carbocycles. The van der Waals surface area contributed by atoms with Crippen LogP contribution in [0.3, 0.4) is 0 Å². The summed E-state index contributed by atoms with van der Waals surface area (Å²) in [6.07, 6.45) is 0. The van der Waals surface area contributed by atoms with E-state index in [0.717, 1.165) is 33.5 Å². The van der Waals surface area contributed by atoms with Gasteiger partial charge in [-0.2, -0.15) is 0 Å². The molecule has 0 saturated heterocycles. The smallest absolute Gasteiger partial charge is 0.160 e. The van der Waals surface area contributed by atoms with Crippen LogP contribution in [-0.2, 0) is 5.41 Å². The Balaban J connectivity index is 1.06. The molecule has 1 heterocycles. The van der Waals surface area contributed by atoms with Gasteiger partial charge in [0.1, 0.15) is 0 Å². The molecule has 2 nitrogen and oxygen atoms in total. The number of hydrogen-bond acceptors (Lipinski definition) is 2. The fourth-order valence-corrected chi connectivity index (χ4v) is 8.39. The molecule has 0 atom stereocenters. The first-order valence-corrected chi connectivity index (χ1v) is 18.3. The highest BCUT2D eigenvalue weighted by Crippen LogP contribution is 2.49. The first kappa shape index (κ1) is 31.1. The zero-order chi connectivity index (χ0) is 35.5. The molecule has 10 rings (SSSR count). The van der Waals surface area contributed by atoms with Crippen LogP contribution in [0.5, 0.6) is 0 Å². The molecule has 0 radical (unpaired) electrons. The van der Waals surface area contributed by atoms with Crippen molar-refractivity contribution in [3.8, 4) is 67.3 Å². The Kier molecular flexibility index (Phi) is 7.19. The molecule has 0 bridgehead atoms. The zero-order valence-corrected chi connectivity index (χ0v) is 29.7. The third kappa shape index (κ3) is 5.18. The van der Waals surface area contributed by atoms with Gasteiger partial charge in [0.15, 0.2) is 5.82 Å². The van der Waals surface area contributed by atoms with Gasteiger partial charge in [0.05, 0.1) is 11.4 Å². The lowest BCUT2D eigenvalue weighted by Crippen LogP contribution is -2.14. The van der Waals surface area contributed by atoms with E-state index in [0.29, 0.717) is 5.82 Å². The maximum Gasteiger partial charge on any atom is 0.160 e. The molecule has 0 aliphatic heterocycles. The van der Waals surface area contributed by atoms with Crippen molar-refractivity contribution in [3.63, 3.8) is 0 Å². The molecule has 0 amide bonds. The Morgan fingerprint density at radius 3 is 1.66 bits per heavy atom. The second-order valence-electron chi connectivity index (χ2n) is 14.6.